The van der Waals surface area contributed by atoms with E-state index in [4.69, 9.17) is 4.74 Å². The molecule has 0 atom stereocenters. The molecule has 2 aromatic rings. The molecule has 0 radical (unpaired) electrons. The van der Waals surface area contributed by atoms with Crippen molar-refractivity contribution in [3.05, 3.63) is 65.5 Å². The summed E-state index contributed by atoms with van der Waals surface area (Å²) in [5.41, 5.74) is 2.42. The Kier molecular flexibility index (Phi) is 9.06. The van der Waals surface area contributed by atoms with E-state index in [0.29, 0.717) is 23.3 Å². The van der Waals surface area contributed by atoms with E-state index in [0.717, 1.165) is 30.7 Å². The molecule has 5 heteroatoms. The standard InChI is InChI=1S/C25H33FN2O2/c1-18(2)28(19(3)4)15-7-9-21-17-23(12-13-24(21)30-5)27-25(29)14-11-20-8-6-10-22(26)16-20/h6,8,10-14,16-19H,7,9,15H2,1-5H3,(H,27,29). The normalized spacial score (nSPS) is 11.6. The molecule has 0 saturated carbocycles. The van der Waals surface area contributed by atoms with E-state index in [-0.39, 0.29) is 11.7 Å². The Morgan fingerprint density at radius 2 is 1.87 bits per heavy atom. The summed E-state index contributed by atoms with van der Waals surface area (Å²) in [5.74, 6) is 0.232. The summed E-state index contributed by atoms with van der Waals surface area (Å²) >= 11 is 0. The van der Waals surface area contributed by atoms with Crippen molar-refractivity contribution in [2.75, 3.05) is 19.0 Å². The van der Waals surface area contributed by atoms with Gasteiger partial charge in [-0.2, -0.15) is 0 Å². The second kappa shape index (κ2) is 11.5. The third kappa shape index (κ3) is 7.30. The number of carbonyl (C=O) groups excluding carboxylic acids is 1. The van der Waals surface area contributed by atoms with Gasteiger partial charge in [0.2, 0.25) is 5.91 Å². The van der Waals surface area contributed by atoms with Crippen LogP contribution in [0.25, 0.3) is 6.08 Å². The van der Waals surface area contributed by atoms with Gasteiger partial charge in [0.1, 0.15) is 11.6 Å². The first kappa shape index (κ1) is 23.6. The van der Waals surface area contributed by atoms with Crippen molar-refractivity contribution in [2.45, 2.75) is 52.6 Å². The van der Waals surface area contributed by atoms with Crippen LogP contribution in [0, 0.1) is 5.82 Å². The van der Waals surface area contributed by atoms with Gasteiger partial charge in [0.15, 0.2) is 0 Å². The number of hydrogen-bond acceptors (Lipinski definition) is 3. The zero-order chi connectivity index (χ0) is 22.1. The maximum absolute atomic E-state index is 13.2. The monoisotopic (exact) mass is 412 g/mol. The number of anilines is 1. The Labute approximate surface area is 179 Å². The smallest absolute Gasteiger partial charge is 0.248 e. The van der Waals surface area contributed by atoms with Crippen LogP contribution in [-0.4, -0.2) is 36.5 Å². The van der Waals surface area contributed by atoms with Gasteiger partial charge in [-0.05, 0) is 94.6 Å². The van der Waals surface area contributed by atoms with Crippen LogP contribution in [0.5, 0.6) is 5.75 Å². The van der Waals surface area contributed by atoms with Crippen LogP contribution < -0.4 is 10.1 Å². The maximum Gasteiger partial charge on any atom is 0.248 e. The van der Waals surface area contributed by atoms with E-state index in [9.17, 15) is 9.18 Å². The summed E-state index contributed by atoms with van der Waals surface area (Å²) in [6.07, 6.45) is 4.86. The van der Waals surface area contributed by atoms with E-state index in [1.54, 1.807) is 25.3 Å². The fourth-order valence-corrected chi connectivity index (χ4v) is 3.58. The second-order valence-corrected chi connectivity index (χ2v) is 7.93. The highest BCUT2D eigenvalue weighted by Crippen LogP contribution is 2.24. The van der Waals surface area contributed by atoms with Crippen LogP contribution in [0.1, 0.15) is 45.2 Å². The Morgan fingerprint density at radius 1 is 1.13 bits per heavy atom. The summed E-state index contributed by atoms with van der Waals surface area (Å²) in [7, 11) is 1.66. The molecule has 0 saturated heterocycles. The van der Waals surface area contributed by atoms with Gasteiger partial charge in [0.25, 0.3) is 0 Å². The molecular formula is C25H33FN2O2. The first-order valence-electron chi connectivity index (χ1n) is 10.5. The van der Waals surface area contributed by atoms with Crippen molar-refractivity contribution >= 4 is 17.7 Å². The zero-order valence-corrected chi connectivity index (χ0v) is 18.6. The van der Waals surface area contributed by atoms with Crippen LogP contribution in [0.4, 0.5) is 10.1 Å². The number of methoxy groups -OCH3 is 1. The number of hydrogen-bond donors (Lipinski definition) is 1. The Balaban J connectivity index is 2.01. The molecule has 0 aliphatic rings. The first-order chi connectivity index (χ1) is 14.3. The minimum Gasteiger partial charge on any atom is -0.496 e. The number of nitrogens with one attached hydrogen (secondary N) is 1. The van der Waals surface area contributed by atoms with Crippen molar-refractivity contribution in [1.82, 2.24) is 4.90 Å². The Bertz CT molecular complexity index is 854. The SMILES string of the molecule is COc1ccc(NC(=O)C=Cc2cccc(F)c2)cc1CCCN(C(C)C)C(C)C. The molecule has 162 valence electrons. The Hall–Kier alpha value is -2.66. The topological polar surface area (TPSA) is 41.6 Å². The van der Waals surface area contributed by atoms with Gasteiger partial charge >= 0.3 is 0 Å². The predicted octanol–water partition coefficient (Wildman–Crippen LogP) is 5.54. The molecular weight excluding hydrogens is 379 g/mol. The number of rotatable bonds is 10. The number of halogens is 1. The average molecular weight is 413 g/mol. The third-order valence-corrected chi connectivity index (χ3v) is 5.01. The summed E-state index contributed by atoms with van der Waals surface area (Å²) < 4.78 is 18.7. The molecule has 0 bridgehead atoms. The number of aryl methyl sites for hydroxylation is 1. The number of carbonyl (C=O) groups is 1. The number of nitrogens with zero attached hydrogens (tertiary/aromatic N) is 1. The highest BCUT2D eigenvalue weighted by atomic mass is 19.1. The van der Waals surface area contributed by atoms with E-state index in [1.165, 1.54) is 18.2 Å². The van der Waals surface area contributed by atoms with Crippen molar-refractivity contribution in [2.24, 2.45) is 0 Å². The van der Waals surface area contributed by atoms with Gasteiger partial charge < -0.3 is 10.1 Å². The minimum absolute atomic E-state index is 0.263. The van der Waals surface area contributed by atoms with Crippen molar-refractivity contribution in [1.29, 1.82) is 0 Å². The van der Waals surface area contributed by atoms with E-state index >= 15 is 0 Å². The molecule has 1 N–H and O–H groups in total. The van der Waals surface area contributed by atoms with E-state index < -0.39 is 0 Å². The molecule has 2 aromatic carbocycles. The van der Waals surface area contributed by atoms with Crippen molar-refractivity contribution in [3.8, 4) is 5.75 Å². The highest BCUT2D eigenvalue weighted by molar-refractivity contribution is 6.02. The summed E-state index contributed by atoms with van der Waals surface area (Å²) in [6, 6.07) is 12.8. The van der Waals surface area contributed by atoms with Gasteiger partial charge in [-0.15, -0.1) is 0 Å². The van der Waals surface area contributed by atoms with Gasteiger partial charge in [0, 0.05) is 23.8 Å². The molecule has 0 aliphatic carbocycles. The number of benzene rings is 2. The van der Waals surface area contributed by atoms with E-state index in [1.807, 2.05) is 18.2 Å². The van der Waals surface area contributed by atoms with Gasteiger partial charge in [-0.3, -0.25) is 9.69 Å². The largest absolute Gasteiger partial charge is 0.496 e. The lowest BCUT2D eigenvalue weighted by Gasteiger charge is -2.30. The molecule has 1 amide bonds. The molecule has 0 fully saturated rings. The van der Waals surface area contributed by atoms with Crippen molar-refractivity contribution < 1.29 is 13.9 Å². The predicted molar refractivity (Wildman–Crippen MR) is 122 cm³/mol. The third-order valence-electron chi connectivity index (χ3n) is 5.01. The van der Waals surface area contributed by atoms with Crippen LogP contribution >= 0.6 is 0 Å². The van der Waals surface area contributed by atoms with Crippen LogP contribution in [-0.2, 0) is 11.2 Å². The van der Waals surface area contributed by atoms with Crippen LogP contribution in [0.3, 0.4) is 0 Å². The maximum atomic E-state index is 13.2. The molecule has 30 heavy (non-hydrogen) atoms. The summed E-state index contributed by atoms with van der Waals surface area (Å²) in [5, 5.41) is 2.87. The molecule has 2 rings (SSSR count). The second-order valence-electron chi connectivity index (χ2n) is 7.93. The zero-order valence-electron chi connectivity index (χ0n) is 18.6. The lowest BCUT2D eigenvalue weighted by molar-refractivity contribution is -0.111. The van der Waals surface area contributed by atoms with Crippen LogP contribution in [0.15, 0.2) is 48.5 Å². The van der Waals surface area contributed by atoms with Gasteiger partial charge in [-0.25, -0.2) is 4.39 Å². The highest BCUT2D eigenvalue weighted by Gasteiger charge is 2.13. The Morgan fingerprint density at radius 3 is 2.50 bits per heavy atom. The number of amides is 1. The van der Waals surface area contributed by atoms with Gasteiger partial charge in [-0.1, -0.05) is 12.1 Å². The molecule has 4 nitrogen and oxygen atoms in total. The average Bonchev–Trinajstić information content (AvgIpc) is 2.69. The number of ether oxygens (including phenoxy) is 1. The summed E-state index contributed by atoms with van der Waals surface area (Å²) in [6.45, 7) is 9.87. The molecule has 0 aliphatic heterocycles. The quantitative estimate of drug-likeness (QED) is 0.521. The minimum atomic E-state index is -0.328. The molecule has 0 heterocycles. The van der Waals surface area contributed by atoms with Crippen molar-refractivity contribution in [3.63, 3.8) is 0 Å². The molecule has 0 unspecified atom stereocenters. The molecule has 0 aromatic heterocycles. The fraction of sp³-hybridized carbons (Fsp3) is 0.400. The lowest BCUT2D eigenvalue weighted by Crippen LogP contribution is -2.37. The fourth-order valence-electron chi connectivity index (χ4n) is 3.58. The van der Waals surface area contributed by atoms with E-state index in [2.05, 4.69) is 37.9 Å². The summed E-state index contributed by atoms with van der Waals surface area (Å²) in [4.78, 5) is 14.7. The first-order valence-corrected chi connectivity index (χ1v) is 10.5. The lowest BCUT2D eigenvalue weighted by atomic mass is 10.1. The van der Waals surface area contributed by atoms with Crippen LogP contribution in [0.2, 0.25) is 0 Å². The van der Waals surface area contributed by atoms with Gasteiger partial charge in [0.05, 0.1) is 7.11 Å². The molecule has 0 spiro atoms.